The molecule has 1 aliphatic heterocycles. The molecule has 0 radical (unpaired) electrons. The fraction of sp³-hybridized carbons (Fsp3) is 0.500. The van der Waals surface area contributed by atoms with Gasteiger partial charge in [-0.1, -0.05) is 0 Å². The van der Waals surface area contributed by atoms with Crippen LogP contribution in [0.2, 0.25) is 0 Å². The Labute approximate surface area is 133 Å². The Balaban J connectivity index is 2.34. The number of amides is 1. The zero-order valence-electron chi connectivity index (χ0n) is 12.3. The van der Waals surface area contributed by atoms with Crippen LogP contribution in [-0.4, -0.2) is 50.7 Å². The van der Waals surface area contributed by atoms with Crippen molar-refractivity contribution < 1.29 is 13.2 Å². The SMILES string of the molecule is C[C@H]1CN(C(=O)c2cc(S(C)(=O)=O)ccc2Br)C[C@H](C)N1. The first-order valence-corrected chi connectivity index (χ1v) is 9.42. The minimum absolute atomic E-state index is 0.146. The van der Waals surface area contributed by atoms with Crippen LogP contribution in [0, 0.1) is 0 Å². The van der Waals surface area contributed by atoms with E-state index < -0.39 is 9.84 Å². The lowest BCUT2D eigenvalue weighted by Gasteiger charge is -2.36. The van der Waals surface area contributed by atoms with Crippen molar-refractivity contribution in [2.45, 2.75) is 30.8 Å². The van der Waals surface area contributed by atoms with Crippen LogP contribution in [0.1, 0.15) is 24.2 Å². The van der Waals surface area contributed by atoms with Gasteiger partial charge in [0.05, 0.1) is 10.5 Å². The summed E-state index contributed by atoms with van der Waals surface area (Å²) in [6.45, 7) is 5.27. The second-order valence-electron chi connectivity index (χ2n) is 5.59. The second-order valence-corrected chi connectivity index (χ2v) is 8.46. The van der Waals surface area contributed by atoms with Gasteiger partial charge in [0, 0.05) is 35.9 Å². The van der Waals surface area contributed by atoms with E-state index in [1.54, 1.807) is 11.0 Å². The highest BCUT2D eigenvalue weighted by atomic mass is 79.9. The zero-order valence-corrected chi connectivity index (χ0v) is 14.7. The van der Waals surface area contributed by atoms with Gasteiger partial charge in [0.25, 0.3) is 5.91 Å². The molecule has 21 heavy (non-hydrogen) atoms. The summed E-state index contributed by atoms with van der Waals surface area (Å²) in [5.41, 5.74) is 0.388. The molecule has 1 fully saturated rings. The minimum Gasteiger partial charge on any atom is -0.336 e. The number of benzene rings is 1. The summed E-state index contributed by atoms with van der Waals surface area (Å²) in [5.74, 6) is -0.146. The molecule has 7 heteroatoms. The molecular formula is C14H19BrN2O3S. The molecule has 1 aromatic rings. The van der Waals surface area contributed by atoms with Gasteiger partial charge >= 0.3 is 0 Å². The Morgan fingerprint density at radius 3 is 2.38 bits per heavy atom. The van der Waals surface area contributed by atoms with Crippen molar-refractivity contribution in [2.75, 3.05) is 19.3 Å². The Morgan fingerprint density at radius 2 is 1.86 bits per heavy atom. The van der Waals surface area contributed by atoms with Gasteiger partial charge in [-0.15, -0.1) is 0 Å². The maximum atomic E-state index is 12.7. The molecule has 2 atom stereocenters. The summed E-state index contributed by atoms with van der Waals surface area (Å²) in [5, 5.41) is 3.36. The van der Waals surface area contributed by atoms with Crippen molar-refractivity contribution >= 4 is 31.7 Å². The normalized spacial score (nSPS) is 23.1. The van der Waals surface area contributed by atoms with E-state index in [1.165, 1.54) is 12.1 Å². The van der Waals surface area contributed by atoms with Crippen LogP contribution >= 0.6 is 15.9 Å². The average Bonchev–Trinajstić information content (AvgIpc) is 2.36. The number of carbonyl (C=O) groups is 1. The van der Waals surface area contributed by atoms with Gasteiger partial charge in [-0.05, 0) is 48.0 Å². The smallest absolute Gasteiger partial charge is 0.255 e. The Bertz CT molecular complexity index is 650. The van der Waals surface area contributed by atoms with Crippen LogP contribution in [0.15, 0.2) is 27.6 Å². The van der Waals surface area contributed by atoms with Crippen LogP contribution in [0.25, 0.3) is 0 Å². The van der Waals surface area contributed by atoms with E-state index in [2.05, 4.69) is 21.2 Å². The summed E-state index contributed by atoms with van der Waals surface area (Å²) < 4.78 is 23.9. The molecule has 0 spiro atoms. The van der Waals surface area contributed by atoms with E-state index in [1.807, 2.05) is 13.8 Å². The zero-order chi connectivity index (χ0) is 15.8. The molecule has 1 saturated heterocycles. The van der Waals surface area contributed by atoms with E-state index in [0.29, 0.717) is 23.1 Å². The van der Waals surface area contributed by atoms with Crippen molar-refractivity contribution in [3.05, 3.63) is 28.2 Å². The van der Waals surface area contributed by atoms with Gasteiger partial charge in [0.1, 0.15) is 0 Å². The molecule has 0 bridgehead atoms. The lowest BCUT2D eigenvalue weighted by atomic mass is 10.1. The lowest BCUT2D eigenvalue weighted by molar-refractivity contribution is 0.0672. The van der Waals surface area contributed by atoms with Crippen molar-refractivity contribution in [3.8, 4) is 0 Å². The number of sulfone groups is 1. The van der Waals surface area contributed by atoms with E-state index in [0.717, 1.165) is 6.26 Å². The molecule has 2 rings (SSSR count). The third-order valence-electron chi connectivity index (χ3n) is 3.44. The molecule has 0 aromatic heterocycles. The predicted molar refractivity (Wildman–Crippen MR) is 85.2 cm³/mol. The van der Waals surface area contributed by atoms with E-state index in [9.17, 15) is 13.2 Å². The first-order valence-electron chi connectivity index (χ1n) is 6.73. The monoisotopic (exact) mass is 374 g/mol. The number of nitrogens with one attached hydrogen (secondary N) is 1. The van der Waals surface area contributed by atoms with Crippen LogP contribution in [-0.2, 0) is 9.84 Å². The van der Waals surface area contributed by atoms with Crippen molar-refractivity contribution in [2.24, 2.45) is 0 Å². The van der Waals surface area contributed by atoms with E-state index in [-0.39, 0.29) is 22.9 Å². The minimum atomic E-state index is -3.33. The summed E-state index contributed by atoms with van der Waals surface area (Å²) >= 11 is 3.34. The Hall–Kier alpha value is -0.920. The van der Waals surface area contributed by atoms with Crippen molar-refractivity contribution in [3.63, 3.8) is 0 Å². The fourth-order valence-electron chi connectivity index (χ4n) is 2.56. The number of piperazine rings is 1. The molecule has 5 nitrogen and oxygen atoms in total. The molecule has 116 valence electrons. The molecule has 1 amide bonds. The quantitative estimate of drug-likeness (QED) is 0.854. The van der Waals surface area contributed by atoms with Crippen LogP contribution in [0.3, 0.4) is 0 Å². The summed E-state index contributed by atoms with van der Waals surface area (Å²) in [4.78, 5) is 14.6. The van der Waals surface area contributed by atoms with Gasteiger partial charge in [-0.3, -0.25) is 4.79 Å². The fourth-order valence-corrected chi connectivity index (χ4v) is 3.63. The predicted octanol–water partition coefficient (Wildman–Crippen LogP) is 1.68. The molecule has 1 N–H and O–H groups in total. The third kappa shape index (κ3) is 3.84. The summed E-state index contributed by atoms with van der Waals surface area (Å²) in [6, 6.07) is 4.99. The topological polar surface area (TPSA) is 66.5 Å². The highest BCUT2D eigenvalue weighted by Crippen LogP contribution is 2.23. The van der Waals surface area contributed by atoms with Gasteiger partial charge in [0.15, 0.2) is 9.84 Å². The first kappa shape index (κ1) is 16.5. The highest BCUT2D eigenvalue weighted by Gasteiger charge is 2.27. The first-order chi connectivity index (χ1) is 9.68. The Morgan fingerprint density at radius 1 is 1.29 bits per heavy atom. The number of rotatable bonds is 2. The number of hydrogen-bond acceptors (Lipinski definition) is 4. The second kappa shape index (κ2) is 6.06. The van der Waals surface area contributed by atoms with Crippen molar-refractivity contribution in [1.82, 2.24) is 10.2 Å². The van der Waals surface area contributed by atoms with Gasteiger partial charge in [-0.25, -0.2) is 8.42 Å². The summed E-state index contributed by atoms with van der Waals surface area (Å²) in [6.07, 6.45) is 1.14. The lowest BCUT2D eigenvalue weighted by Crippen LogP contribution is -2.55. The highest BCUT2D eigenvalue weighted by molar-refractivity contribution is 9.10. The van der Waals surface area contributed by atoms with Crippen LogP contribution in [0.5, 0.6) is 0 Å². The average molecular weight is 375 g/mol. The summed E-state index contributed by atoms with van der Waals surface area (Å²) in [7, 11) is -3.33. The van der Waals surface area contributed by atoms with Crippen molar-refractivity contribution in [1.29, 1.82) is 0 Å². The Kier molecular flexibility index (Phi) is 4.75. The maximum absolute atomic E-state index is 12.7. The molecule has 1 aromatic carbocycles. The number of halogens is 1. The maximum Gasteiger partial charge on any atom is 0.255 e. The van der Waals surface area contributed by atoms with Crippen LogP contribution in [0.4, 0.5) is 0 Å². The third-order valence-corrected chi connectivity index (χ3v) is 5.24. The largest absolute Gasteiger partial charge is 0.336 e. The molecule has 1 aliphatic rings. The van der Waals surface area contributed by atoms with E-state index in [4.69, 9.17) is 0 Å². The molecular weight excluding hydrogens is 356 g/mol. The molecule has 0 saturated carbocycles. The molecule has 1 heterocycles. The standard InChI is InChI=1S/C14H19BrN2O3S/c1-9-7-17(8-10(2)16-9)14(18)12-6-11(21(3,19)20)4-5-13(12)15/h4-6,9-10,16H,7-8H2,1-3H3/t9-,10-/m0/s1. The van der Waals surface area contributed by atoms with Gasteiger partial charge < -0.3 is 10.2 Å². The van der Waals surface area contributed by atoms with Crippen LogP contribution < -0.4 is 5.32 Å². The molecule has 0 unspecified atom stereocenters. The number of carbonyl (C=O) groups excluding carboxylic acids is 1. The van der Waals surface area contributed by atoms with E-state index >= 15 is 0 Å². The van der Waals surface area contributed by atoms with Gasteiger partial charge in [0.2, 0.25) is 0 Å². The number of hydrogen-bond donors (Lipinski definition) is 1. The molecule has 0 aliphatic carbocycles. The van der Waals surface area contributed by atoms with Gasteiger partial charge in [-0.2, -0.15) is 0 Å². The number of nitrogens with zero attached hydrogens (tertiary/aromatic N) is 1.